The zero-order valence-corrected chi connectivity index (χ0v) is 8.47. The van der Waals surface area contributed by atoms with Crippen LogP contribution in [0.1, 0.15) is 0 Å². The molecule has 1 rings (SSSR count). The van der Waals surface area contributed by atoms with Gasteiger partial charge in [-0.25, -0.2) is 0 Å². The van der Waals surface area contributed by atoms with E-state index in [1.807, 2.05) is 0 Å². The predicted octanol–water partition coefficient (Wildman–Crippen LogP) is -3.27. The Morgan fingerprint density at radius 1 is 1.12 bits per heavy atom. The third-order valence-corrected chi connectivity index (χ3v) is 2.02. The molecule has 1 fully saturated rings. The lowest BCUT2D eigenvalue weighted by Gasteiger charge is -2.38. The first-order valence-corrected chi connectivity index (χ1v) is 4.78. The minimum absolute atomic E-state index is 0.0922. The van der Waals surface area contributed by atoms with Crippen molar-refractivity contribution in [3.63, 3.8) is 0 Å². The van der Waals surface area contributed by atoms with Crippen molar-refractivity contribution >= 4 is 0 Å². The molecule has 5 unspecified atom stereocenters. The quantitative estimate of drug-likeness (QED) is 0.338. The summed E-state index contributed by atoms with van der Waals surface area (Å²) in [6, 6.07) is 0. The highest BCUT2D eigenvalue weighted by Gasteiger charge is 2.41. The number of rotatable bonds is 5. The summed E-state index contributed by atoms with van der Waals surface area (Å²) >= 11 is 0. The fourth-order valence-electron chi connectivity index (χ4n) is 1.25. The van der Waals surface area contributed by atoms with Gasteiger partial charge in [0.15, 0.2) is 6.29 Å². The van der Waals surface area contributed by atoms with Gasteiger partial charge in [0, 0.05) is 0 Å². The lowest BCUT2D eigenvalue weighted by molar-refractivity contribution is -0.395. The molecular formula is C8H16O8. The van der Waals surface area contributed by atoms with Gasteiger partial charge < -0.3 is 39.7 Å². The molecular weight excluding hydrogens is 224 g/mol. The van der Waals surface area contributed by atoms with Gasteiger partial charge in [0.05, 0.1) is 19.8 Å². The Morgan fingerprint density at radius 3 is 2.38 bits per heavy atom. The fraction of sp³-hybridized carbons (Fsp3) is 1.00. The minimum atomic E-state index is -1.53. The van der Waals surface area contributed by atoms with Gasteiger partial charge >= 0.3 is 0 Å². The molecule has 5 atom stereocenters. The molecule has 0 aromatic rings. The van der Waals surface area contributed by atoms with Gasteiger partial charge in [-0.3, -0.25) is 0 Å². The fourth-order valence-corrected chi connectivity index (χ4v) is 1.25. The summed E-state index contributed by atoms with van der Waals surface area (Å²) in [6.07, 6.45) is -6.92. The molecule has 0 amide bonds. The van der Waals surface area contributed by atoms with E-state index in [0.29, 0.717) is 0 Å². The Bertz CT molecular complexity index is 200. The lowest BCUT2D eigenvalue weighted by Crippen LogP contribution is -2.55. The van der Waals surface area contributed by atoms with Crippen LogP contribution in [0.3, 0.4) is 0 Å². The van der Waals surface area contributed by atoms with Crippen LogP contribution in [-0.4, -0.2) is 76.4 Å². The second-order valence-corrected chi connectivity index (χ2v) is 3.23. The van der Waals surface area contributed by atoms with Crippen LogP contribution in [0.2, 0.25) is 0 Å². The van der Waals surface area contributed by atoms with Crippen LogP contribution in [0.25, 0.3) is 0 Å². The number of aliphatic hydroxyl groups is 5. The van der Waals surface area contributed by atoms with E-state index >= 15 is 0 Å². The Hall–Kier alpha value is -0.320. The Balaban J connectivity index is 2.49. The highest BCUT2D eigenvalue weighted by atomic mass is 16.8. The van der Waals surface area contributed by atoms with Gasteiger partial charge in [-0.1, -0.05) is 0 Å². The molecule has 0 aliphatic carbocycles. The summed E-state index contributed by atoms with van der Waals surface area (Å²) in [6.45, 7) is -1.00. The van der Waals surface area contributed by atoms with E-state index in [-0.39, 0.29) is 13.2 Å². The third kappa shape index (κ3) is 3.34. The molecule has 8 nitrogen and oxygen atoms in total. The second-order valence-electron chi connectivity index (χ2n) is 3.23. The molecule has 16 heavy (non-hydrogen) atoms. The normalized spacial score (nSPS) is 37.3. The third-order valence-electron chi connectivity index (χ3n) is 2.02. The van der Waals surface area contributed by atoms with E-state index in [1.165, 1.54) is 0 Å². The zero-order chi connectivity index (χ0) is 12.1. The Labute approximate surface area is 91.6 Å². The molecule has 0 radical (unpaired) electrons. The largest absolute Gasteiger partial charge is 0.394 e. The van der Waals surface area contributed by atoms with Gasteiger partial charge in [-0.2, -0.15) is 0 Å². The number of hydrogen-bond donors (Lipinski definition) is 5. The molecule has 1 aliphatic heterocycles. The van der Waals surface area contributed by atoms with Crippen LogP contribution in [0.4, 0.5) is 0 Å². The van der Waals surface area contributed by atoms with Crippen LogP contribution in [-0.2, 0) is 14.2 Å². The Kier molecular flexibility index (Phi) is 5.52. The van der Waals surface area contributed by atoms with Crippen molar-refractivity contribution in [2.75, 3.05) is 19.8 Å². The second kappa shape index (κ2) is 6.42. The van der Waals surface area contributed by atoms with Crippen molar-refractivity contribution in [2.45, 2.75) is 31.1 Å². The molecule has 0 spiro atoms. The van der Waals surface area contributed by atoms with Crippen molar-refractivity contribution in [3.8, 4) is 0 Å². The first-order chi connectivity index (χ1) is 7.60. The summed E-state index contributed by atoms with van der Waals surface area (Å²) in [5.74, 6) is 0. The molecule has 1 saturated heterocycles. The average molecular weight is 240 g/mol. The summed E-state index contributed by atoms with van der Waals surface area (Å²) in [5.41, 5.74) is 0. The first-order valence-electron chi connectivity index (χ1n) is 4.78. The molecule has 1 heterocycles. The summed E-state index contributed by atoms with van der Waals surface area (Å²) in [5, 5.41) is 45.1. The van der Waals surface area contributed by atoms with Gasteiger partial charge in [-0.15, -0.1) is 0 Å². The maximum absolute atomic E-state index is 9.39. The molecule has 8 heteroatoms. The average Bonchev–Trinajstić information content (AvgIpc) is 2.28. The van der Waals surface area contributed by atoms with Gasteiger partial charge in [0.1, 0.15) is 12.2 Å². The highest BCUT2D eigenvalue weighted by molar-refractivity contribution is 4.76. The number of aliphatic hydroxyl groups excluding tert-OH is 5. The van der Waals surface area contributed by atoms with Crippen molar-refractivity contribution in [3.05, 3.63) is 0 Å². The predicted molar refractivity (Wildman–Crippen MR) is 47.9 cm³/mol. The Morgan fingerprint density at radius 2 is 1.81 bits per heavy atom. The van der Waals surface area contributed by atoms with Crippen LogP contribution in [0, 0.1) is 0 Å². The van der Waals surface area contributed by atoms with Crippen molar-refractivity contribution in [1.29, 1.82) is 0 Å². The maximum Gasteiger partial charge on any atom is 0.211 e. The topological polar surface area (TPSA) is 129 Å². The lowest BCUT2D eigenvalue weighted by atomic mass is 10.2. The number of ether oxygens (including phenoxy) is 3. The smallest absolute Gasteiger partial charge is 0.211 e. The number of hydrogen-bond acceptors (Lipinski definition) is 8. The van der Waals surface area contributed by atoms with E-state index < -0.39 is 37.7 Å². The van der Waals surface area contributed by atoms with E-state index in [4.69, 9.17) is 24.4 Å². The monoisotopic (exact) mass is 240 g/mol. The van der Waals surface area contributed by atoms with Gasteiger partial charge in [0.2, 0.25) is 12.6 Å². The molecule has 0 aromatic carbocycles. The summed E-state index contributed by atoms with van der Waals surface area (Å²) in [4.78, 5) is 0. The molecule has 96 valence electrons. The molecule has 0 aromatic heterocycles. The van der Waals surface area contributed by atoms with E-state index in [0.717, 1.165) is 0 Å². The van der Waals surface area contributed by atoms with Crippen LogP contribution < -0.4 is 0 Å². The summed E-state index contributed by atoms with van der Waals surface area (Å²) in [7, 11) is 0. The highest BCUT2D eigenvalue weighted by Crippen LogP contribution is 2.20. The molecule has 1 aliphatic rings. The van der Waals surface area contributed by atoms with Crippen molar-refractivity contribution in [2.24, 2.45) is 0 Å². The summed E-state index contributed by atoms with van der Waals surface area (Å²) < 4.78 is 14.5. The van der Waals surface area contributed by atoms with E-state index in [1.54, 1.807) is 0 Å². The standard InChI is InChI=1S/C8H16O8/c9-1-2-14-8-7(13)15-5(4(11)3-10)6(12)16-8/h4-13H,1-3H2. The molecule has 0 bridgehead atoms. The molecule has 5 N–H and O–H groups in total. The van der Waals surface area contributed by atoms with Gasteiger partial charge in [-0.05, 0) is 0 Å². The van der Waals surface area contributed by atoms with Gasteiger partial charge in [0.25, 0.3) is 0 Å². The maximum atomic E-state index is 9.39. The van der Waals surface area contributed by atoms with Crippen LogP contribution in [0.5, 0.6) is 0 Å². The first kappa shape index (κ1) is 13.7. The zero-order valence-electron chi connectivity index (χ0n) is 8.47. The van der Waals surface area contributed by atoms with Crippen molar-refractivity contribution in [1.82, 2.24) is 0 Å². The molecule has 0 saturated carbocycles. The SMILES string of the molecule is OCCOC1OC(O)C(C(O)CO)OC1O. The van der Waals surface area contributed by atoms with Crippen LogP contribution in [0.15, 0.2) is 0 Å². The van der Waals surface area contributed by atoms with Crippen LogP contribution >= 0.6 is 0 Å². The van der Waals surface area contributed by atoms with E-state index in [2.05, 4.69) is 0 Å². The van der Waals surface area contributed by atoms with Crippen molar-refractivity contribution < 1.29 is 39.7 Å². The minimum Gasteiger partial charge on any atom is -0.394 e. The van der Waals surface area contributed by atoms with E-state index in [9.17, 15) is 15.3 Å².